The fourth-order valence-corrected chi connectivity index (χ4v) is 3.91. The smallest absolute Gasteiger partial charge is 0.229 e. The van der Waals surface area contributed by atoms with Crippen molar-refractivity contribution in [1.82, 2.24) is 15.0 Å². The maximum atomic E-state index is 12.0. The average molecular weight is 403 g/mol. The van der Waals surface area contributed by atoms with Crippen LogP contribution in [0.15, 0.2) is 41.1 Å². The predicted molar refractivity (Wildman–Crippen MR) is 113 cm³/mol. The molecule has 3 N–H and O–H groups in total. The molecular weight excluding hydrogens is 382 g/mol. The third-order valence-electron chi connectivity index (χ3n) is 5.75. The summed E-state index contributed by atoms with van der Waals surface area (Å²) in [6, 6.07) is 7.67. The molecule has 1 aliphatic rings. The van der Waals surface area contributed by atoms with E-state index in [1.807, 2.05) is 24.3 Å². The molecule has 1 saturated carbocycles. The van der Waals surface area contributed by atoms with Crippen molar-refractivity contribution in [2.45, 2.75) is 24.9 Å². The van der Waals surface area contributed by atoms with Crippen LogP contribution in [-0.4, -0.2) is 35.0 Å². The van der Waals surface area contributed by atoms with Crippen LogP contribution in [0.1, 0.15) is 24.1 Å². The molecule has 4 aromatic rings. The molecule has 0 radical (unpaired) electrons. The van der Waals surface area contributed by atoms with Crippen molar-refractivity contribution in [3.05, 3.63) is 47.9 Å². The van der Waals surface area contributed by atoms with Gasteiger partial charge in [0.1, 0.15) is 11.3 Å². The highest BCUT2D eigenvalue weighted by atomic mass is 16.5. The van der Waals surface area contributed by atoms with E-state index in [1.54, 1.807) is 26.6 Å². The van der Waals surface area contributed by atoms with Crippen LogP contribution >= 0.6 is 0 Å². The Morgan fingerprint density at radius 3 is 2.80 bits per heavy atom. The number of nitrogens with one attached hydrogen (secondary N) is 1. The van der Waals surface area contributed by atoms with Gasteiger partial charge in [-0.05, 0) is 25.0 Å². The van der Waals surface area contributed by atoms with Gasteiger partial charge in [0.05, 0.1) is 23.3 Å². The zero-order valence-corrected chi connectivity index (χ0v) is 16.7. The van der Waals surface area contributed by atoms with Gasteiger partial charge in [-0.3, -0.25) is 9.78 Å². The van der Waals surface area contributed by atoms with Crippen molar-refractivity contribution in [2.24, 2.45) is 5.73 Å². The second kappa shape index (κ2) is 6.77. The van der Waals surface area contributed by atoms with Crippen LogP contribution in [0.25, 0.3) is 33.3 Å². The number of nitrogens with two attached hydrogens (primary N) is 1. The number of ether oxygens (including phenoxy) is 1. The molecule has 0 spiro atoms. The van der Waals surface area contributed by atoms with Crippen molar-refractivity contribution in [3.63, 3.8) is 0 Å². The summed E-state index contributed by atoms with van der Waals surface area (Å²) in [5.41, 5.74) is 8.77. The number of anilines is 1. The Bertz CT molecular complexity index is 1290. The number of para-hydroxylation sites is 1. The fraction of sp³-hybridized carbons (Fsp3) is 0.273. The second-order valence-corrected chi connectivity index (χ2v) is 7.55. The van der Waals surface area contributed by atoms with E-state index in [0.29, 0.717) is 42.4 Å². The first-order chi connectivity index (χ1) is 14.6. The minimum absolute atomic E-state index is 0.343. The van der Waals surface area contributed by atoms with Gasteiger partial charge in [-0.15, -0.1) is 0 Å². The van der Waals surface area contributed by atoms with E-state index in [0.717, 1.165) is 27.4 Å². The fourth-order valence-electron chi connectivity index (χ4n) is 3.91. The molecule has 5 rings (SSSR count). The molecule has 1 fully saturated rings. The van der Waals surface area contributed by atoms with Crippen LogP contribution in [0, 0.1) is 0 Å². The molecule has 152 valence electrons. The number of primary amides is 1. The zero-order chi connectivity index (χ0) is 20.9. The number of amides is 1. The van der Waals surface area contributed by atoms with E-state index in [-0.39, 0.29) is 5.91 Å². The summed E-state index contributed by atoms with van der Waals surface area (Å²) in [5.74, 6) is 0.799. The van der Waals surface area contributed by atoms with E-state index < -0.39 is 5.41 Å². The Kier molecular flexibility index (Phi) is 4.18. The highest BCUT2D eigenvalue weighted by Gasteiger charge is 2.51. The molecule has 8 nitrogen and oxygen atoms in total. The molecule has 1 amide bonds. The molecule has 0 bridgehead atoms. The lowest BCUT2D eigenvalue weighted by atomic mass is 9.98. The Morgan fingerprint density at radius 1 is 1.27 bits per heavy atom. The lowest BCUT2D eigenvalue weighted by Gasteiger charge is -2.13. The van der Waals surface area contributed by atoms with Crippen molar-refractivity contribution in [1.29, 1.82) is 0 Å². The average Bonchev–Trinajstić information content (AvgIpc) is 3.46. The van der Waals surface area contributed by atoms with Gasteiger partial charge in [0, 0.05) is 42.9 Å². The highest BCUT2D eigenvalue weighted by molar-refractivity contribution is 6.02. The van der Waals surface area contributed by atoms with E-state index in [9.17, 15) is 4.79 Å². The first-order valence-electron chi connectivity index (χ1n) is 9.72. The van der Waals surface area contributed by atoms with Gasteiger partial charge in [-0.1, -0.05) is 12.1 Å². The Hall–Kier alpha value is -3.52. The third-order valence-corrected chi connectivity index (χ3v) is 5.75. The van der Waals surface area contributed by atoms with Gasteiger partial charge in [0.15, 0.2) is 5.58 Å². The second-order valence-electron chi connectivity index (χ2n) is 7.55. The summed E-state index contributed by atoms with van der Waals surface area (Å²) in [6.07, 6.45) is 4.88. The molecule has 8 heteroatoms. The number of aromatic nitrogens is 3. The minimum Gasteiger partial charge on any atom is -0.436 e. The van der Waals surface area contributed by atoms with Crippen molar-refractivity contribution >= 4 is 33.6 Å². The number of carbonyl (C=O) groups excluding carboxylic acids is 1. The molecule has 1 aliphatic carbocycles. The van der Waals surface area contributed by atoms with E-state index in [1.165, 1.54) is 0 Å². The summed E-state index contributed by atoms with van der Waals surface area (Å²) >= 11 is 0. The number of oxazole rings is 1. The number of methoxy groups -OCH3 is 1. The van der Waals surface area contributed by atoms with E-state index in [2.05, 4.69) is 15.3 Å². The van der Waals surface area contributed by atoms with Crippen LogP contribution in [0.3, 0.4) is 0 Å². The molecule has 0 aliphatic heterocycles. The number of rotatable bonds is 6. The number of fused-ring (bicyclic) bond motifs is 2. The number of hydrogen-bond donors (Lipinski definition) is 2. The number of hydrogen-bond acceptors (Lipinski definition) is 7. The van der Waals surface area contributed by atoms with Crippen LogP contribution in [-0.2, 0) is 21.6 Å². The maximum absolute atomic E-state index is 12.0. The molecule has 1 aromatic carbocycles. The van der Waals surface area contributed by atoms with E-state index in [4.69, 9.17) is 19.9 Å². The number of nitrogens with zero attached hydrogens (tertiary/aromatic N) is 3. The van der Waals surface area contributed by atoms with Gasteiger partial charge in [0.25, 0.3) is 0 Å². The number of benzene rings is 1. The number of pyridine rings is 2. The van der Waals surface area contributed by atoms with Crippen molar-refractivity contribution in [3.8, 4) is 11.5 Å². The quantitative estimate of drug-likeness (QED) is 0.508. The molecular formula is C22H21N5O3. The van der Waals surface area contributed by atoms with Crippen LogP contribution in [0.2, 0.25) is 0 Å². The van der Waals surface area contributed by atoms with Gasteiger partial charge >= 0.3 is 0 Å². The summed E-state index contributed by atoms with van der Waals surface area (Å²) in [6.45, 7) is 0.441. The van der Waals surface area contributed by atoms with Crippen LogP contribution < -0.4 is 11.1 Å². The van der Waals surface area contributed by atoms with Crippen molar-refractivity contribution < 1.29 is 13.9 Å². The van der Waals surface area contributed by atoms with Gasteiger partial charge in [-0.25, -0.2) is 9.97 Å². The lowest BCUT2D eigenvalue weighted by molar-refractivity contribution is -0.120. The molecule has 0 unspecified atom stereocenters. The molecule has 0 saturated heterocycles. The Morgan fingerprint density at radius 2 is 2.10 bits per heavy atom. The first kappa shape index (κ1) is 18.5. The third kappa shape index (κ3) is 2.72. The molecule has 3 aromatic heterocycles. The Balaban J connectivity index is 1.74. The molecule has 30 heavy (non-hydrogen) atoms. The van der Waals surface area contributed by atoms with Crippen molar-refractivity contribution in [2.75, 3.05) is 19.5 Å². The van der Waals surface area contributed by atoms with Crippen LogP contribution in [0.5, 0.6) is 0 Å². The normalized spacial score (nSPS) is 14.9. The first-order valence-corrected chi connectivity index (χ1v) is 9.72. The molecule has 0 atom stereocenters. The molecule has 3 heterocycles. The number of carbonyl (C=O) groups is 1. The SMILES string of the molecule is CNc1ncc(-c2nc3c(COC)cccc3o2)c2cc(C3(C(N)=O)CC3)ncc12. The largest absolute Gasteiger partial charge is 0.436 e. The van der Waals surface area contributed by atoms with E-state index >= 15 is 0 Å². The summed E-state index contributed by atoms with van der Waals surface area (Å²) in [5, 5.41) is 4.76. The topological polar surface area (TPSA) is 116 Å². The standard InChI is InChI=1S/C22H21N5O3/c1-24-19-14-9-25-17(22(6-7-22)21(23)28)8-13(14)15(10-26-19)20-27-18-12(11-29-2)4-3-5-16(18)30-20/h3-5,8-10H,6-7,11H2,1-2H3,(H2,23,28)(H,24,26). The van der Waals surface area contributed by atoms with Gasteiger partial charge in [0.2, 0.25) is 11.8 Å². The summed E-state index contributed by atoms with van der Waals surface area (Å²) < 4.78 is 11.4. The summed E-state index contributed by atoms with van der Waals surface area (Å²) in [7, 11) is 3.45. The zero-order valence-electron chi connectivity index (χ0n) is 16.7. The van der Waals surface area contributed by atoms with Crippen LogP contribution in [0.4, 0.5) is 5.82 Å². The van der Waals surface area contributed by atoms with Gasteiger partial charge < -0.3 is 20.2 Å². The summed E-state index contributed by atoms with van der Waals surface area (Å²) in [4.78, 5) is 25.8. The highest BCUT2D eigenvalue weighted by Crippen LogP contribution is 2.48. The maximum Gasteiger partial charge on any atom is 0.229 e. The van der Waals surface area contributed by atoms with Gasteiger partial charge in [-0.2, -0.15) is 0 Å². The minimum atomic E-state index is -0.679. The Labute approximate surface area is 172 Å². The monoisotopic (exact) mass is 403 g/mol. The predicted octanol–water partition coefficient (Wildman–Crippen LogP) is 3.14. The lowest BCUT2D eigenvalue weighted by Crippen LogP contribution is -2.29.